The molecule has 5 heteroatoms. The maximum atomic E-state index is 5.43. The fourth-order valence-electron chi connectivity index (χ4n) is 0.509. The third kappa shape index (κ3) is 1.05. The molecular weight excluding hydrogens is 133 g/mol. The molecule has 0 atom stereocenters. The van der Waals surface area contributed by atoms with Gasteiger partial charge in [-0.1, -0.05) is 0 Å². The van der Waals surface area contributed by atoms with Crippen molar-refractivity contribution in [3.05, 3.63) is 5.56 Å². The fraction of sp³-hybridized carbons (Fsp3) is 0.250. The first-order valence-electron chi connectivity index (χ1n) is 2.43. The van der Waals surface area contributed by atoms with Crippen molar-refractivity contribution in [1.29, 1.82) is 0 Å². The number of nitrogens with two attached hydrogens (primary N) is 1. The van der Waals surface area contributed by atoms with Gasteiger partial charge >= 0.3 is 0 Å². The van der Waals surface area contributed by atoms with Gasteiger partial charge in [-0.25, -0.2) is 0 Å². The summed E-state index contributed by atoms with van der Waals surface area (Å²) < 4.78 is 0. The van der Waals surface area contributed by atoms with E-state index in [4.69, 9.17) is 12.9 Å². The van der Waals surface area contributed by atoms with Crippen LogP contribution >= 0.6 is 11.6 Å². The summed E-state index contributed by atoms with van der Waals surface area (Å²) in [5.41, 5.74) is 6.35. The highest BCUT2D eigenvalue weighted by Gasteiger charge is 2.01. The molecule has 1 heterocycles. The Kier molecular flexibility index (Phi) is 1.71. The van der Waals surface area contributed by atoms with Crippen molar-refractivity contribution in [2.45, 2.75) is 11.9 Å². The second-order valence-electron chi connectivity index (χ2n) is 1.69. The minimum atomic E-state index is 0.586. The summed E-state index contributed by atoms with van der Waals surface area (Å²) in [5, 5.41) is 7.19. The number of nitrogens with zero attached hydrogens (tertiary/aromatic N) is 1. The molecule has 0 aliphatic rings. The maximum Gasteiger partial charge on any atom is 0.170 e. The van der Waals surface area contributed by atoms with Gasteiger partial charge < -0.3 is 5.73 Å². The zero-order chi connectivity index (χ0) is 6.85. The number of hydrogen-bond acceptors (Lipinski definition) is 3. The zero-order valence-corrected chi connectivity index (χ0v) is 5.83. The van der Waals surface area contributed by atoms with Crippen molar-refractivity contribution in [1.82, 2.24) is 10.2 Å². The van der Waals surface area contributed by atoms with E-state index in [0.29, 0.717) is 5.82 Å². The molecule has 0 amide bonds. The number of aromatic nitrogens is 2. The van der Waals surface area contributed by atoms with E-state index < -0.39 is 0 Å². The molecule has 3 N–H and O–H groups in total. The zero-order valence-electron chi connectivity index (χ0n) is 5.01. The molecule has 0 saturated carbocycles. The number of H-pyrrole nitrogens is 1. The summed E-state index contributed by atoms with van der Waals surface area (Å²) in [6.45, 7) is 1.87. The van der Waals surface area contributed by atoms with Gasteiger partial charge in [0.1, 0.15) is 10.8 Å². The highest BCUT2D eigenvalue weighted by Crippen LogP contribution is 2.19. The van der Waals surface area contributed by atoms with Crippen molar-refractivity contribution in [2.24, 2.45) is 0 Å². The molecule has 0 aliphatic carbocycles. The molecule has 2 radical (unpaired) electrons. The van der Waals surface area contributed by atoms with E-state index in [9.17, 15) is 0 Å². The van der Waals surface area contributed by atoms with Gasteiger partial charge in [-0.15, -0.1) is 0 Å². The van der Waals surface area contributed by atoms with E-state index in [2.05, 4.69) is 10.2 Å². The van der Waals surface area contributed by atoms with Gasteiger partial charge in [-0.2, -0.15) is 16.7 Å². The second kappa shape index (κ2) is 2.35. The number of nitrogens with one attached hydrogen (secondary N) is 1. The standard InChI is InChI=1S/C4H6BN3S/c1-2-3(6)7-8-4(2)9-5/h1H3,(H3,6,7,8). The highest BCUT2D eigenvalue weighted by molar-refractivity contribution is 8.19. The van der Waals surface area contributed by atoms with Crippen molar-refractivity contribution < 1.29 is 0 Å². The van der Waals surface area contributed by atoms with Crippen molar-refractivity contribution in [3.8, 4) is 0 Å². The van der Waals surface area contributed by atoms with E-state index >= 15 is 0 Å². The van der Waals surface area contributed by atoms with Crippen LogP contribution in [-0.4, -0.2) is 17.3 Å². The first kappa shape index (κ1) is 6.54. The molecule has 0 fully saturated rings. The minimum Gasteiger partial charge on any atom is -0.384 e. The molecule has 1 aromatic heterocycles. The van der Waals surface area contributed by atoms with Crippen LogP contribution in [0.15, 0.2) is 5.03 Å². The predicted octanol–water partition coefficient (Wildman–Crippen LogP) is 0.476. The summed E-state index contributed by atoms with van der Waals surface area (Å²) in [7, 11) is 5.24. The highest BCUT2D eigenvalue weighted by atomic mass is 32.2. The average Bonchev–Trinajstić information content (AvgIpc) is 2.15. The molecule has 1 rings (SSSR count). The predicted molar refractivity (Wildman–Crippen MR) is 39.3 cm³/mol. The lowest BCUT2D eigenvalue weighted by atomic mass is 10.4. The van der Waals surface area contributed by atoms with Crippen molar-refractivity contribution in [3.63, 3.8) is 0 Å². The lowest BCUT2D eigenvalue weighted by Crippen LogP contribution is -1.85. The third-order valence-corrected chi connectivity index (χ3v) is 1.74. The van der Waals surface area contributed by atoms with Crippen LogP contribution in [0, 0.1) is 6.92 Å². The SMILES string of the molecule is [B]Sc1n[nH]c(N)c1C. The Morgan fingerprint density at radius 3 is 2.67 bits per heavy atom. The largest absolute Gasteiger partial charge is 0.384 e. The number of nitrogen functional groups attached to an aromatic ring is 1. The third-order valence-electron chi connectivity index (χ3n) is 1.11. The van der Waals surface area contributed by atoms with Crippen molar-refractivity contribution >= 4 is 24.6 Å². The first-order chi connectivity index (χ1) is 4.25. The summed E-state index contributed by atoms with van der Waals surface area (Å²) in [5.74, 6) is 0.586. The van der Waals surface area contributed by atoms with Crippen LogP contribution in [0.2, 0.25) is 0 Å². The van der Waals surface area contributed by atoms with Crippen LogP contribution in [-0.2, 0) is 0 Å². The van der Waals surface area contributed by atoms with Crippen LogP contribution < -0.4 is 5.73 Å². The molecule has 0 unspecified atom stereocenters. The Hall–Kier alpha value is -0.575. The molecule has 0 aliphatic heterocycles. The topological polar surface area (TPSA) is 54.7 Å². The summed E-state index contributed by atoms with van der Waals surface area (Å²) in [6, 6.07) is 0. The van der Waals surface area contributed by atoms with E-state index in [1.165, 1.54) is 0 Å². The summed E-state index contributed by atoms with van der Waals surface area (Å²) in [4.78, 5) is 0. The molecule has 0 aromatic carbocycles. The van der Waals surface area contributed by atoms with Crippen LogP contribution in [0.1, 0.15) is 5.56 Å². The van der Waals surface area contributed by atoms with Gasteiger partial charge in [0.05, 0.1) is 0 Å². The fourth-order valence-corrected chi connectivity index (χ4v) is 0.894. The molecular formula is C4H6BN3S. The molecule has 0 spiro atoms. The van der Waals surface area contributed by atoms with Crippen molar-refractivity contribution in [2.75, 3.05) is 5.73 Å². The van der Waals surface area contributed by atoms with Gasteiger partial charge in [0.25, 0.3) is 0 Å². The molecule has 46 valence electrons. The minimum absolute atomic E-state index is 0.586. The first-order valence-corrected chi connectivity index (χ1v) is 3.31. The number of aromatic amines is 1. The van der Waals surface area contributed by atoms with Gasteiger partial charge in [0, 0.05) is 5.56 Å². The van der Waals surface area contributed by atoms with E-state index in [0.717, 1.165) is 22.2 Å². The maximum absolute atomic E-state index is 5.43. The van der Waals surface area contributed by atoms with E-state index in [1.54, 1.807) is 0 Å². The molecule has 1 aromatic rings. The normalized spacial score (nSPS) is 9.89. The van der Waals surface area contributed by atoms with Gasteiger partial charge in [0.2, 0.25) is 0 Å². The number of rotatable bonds is 1. The Balaban J connectivity index is 3.04. The number of hydrogen-bond donors (Lipinski definition) is 2. The average molecular weight is 139 g/mol. The van der Waals surface area contributed by atoms with Crippen LogP contribution in [0.25, 0.3) is 0 Å². The van der Waals surface area contributed by atoms with Gasteiger partial charge in [-0.3, -0.25) is 5.10 Å². The Labute approximate surface area is 58.7 Å². The summed E-state index contributed by atoms with van der Waals surface area (Å²) >= 11 is 1.09. The van der Waals surface area contributed by atoms with Crippen LogP contribution in [0.4, 0.5) is 5.82 Å². The lowest BCUT2D eigenvalue weighted by Gasteiger charge is -1.88. The Morgan fingerprint density at radius 1 is 1.78 bits per heavy atom. The Bertz CT molecular complexity index is 210. The van der Waals surface area contributed by atoms with E-state index in [-0.39, 0.29) is 0 Å². The smallest absolute Gasteiger partial charge is 0.170 e. The summed E-state index contributed by atoms with van der Waals surface area (Å²) in [6.07, 6.45) is 0. The monoisotopic (exact) mass is 139 g/mol. The quantitative estimate of drug-likeness (QED) is 0.556. The molecule has 0 saturated heterocycles. The lowest BCUT2D eigenvalue weighted by molar-refractivity contribution is 1.00. The molecule has 0 bridgehead atoms. The molecule has 3 nitrogen and oxygen atoms in total. The van der Waals surface area contributed by atoms with Crippen LogP contribution in [0.5, 0.6) is 0 Å². The Morgan fingerprint density at radius 2 is 2.44 bits per heavy atom. The van der Waals surface area contributed by atoms with E-state index in [1.807, 2.05) is 6.92 Å². The van der Waals surface area contributed by atoms with Crippen LogP contribution in [0.3, 0.4) is 0 Å². The number of anilines is 1. The van der Waals surface area contributed by atoms with Gasteiger partial charge in [-0.05, 0) is 6.92 Å². The molecule has 9 heavy (non-hydrogen) atoms. The second-order valence-corrected chi connectivity index (χ2v) is 2.31. The van der Waals surface area contributed by atoms with Gasteiger partial charge in [0.15, 0.2) is 7.12 Å².